The maximum absolute atomic E-state index is 5.35. The number of aryl methyl sites for hydroxylation is 1. The van der Waals surface area contributed by atoms with E-state index in [9.17, 15) is 0 Å². The zero-order chi connectivity index (χ0) is 14.8. The molecule has 2 bridgehead atoms. The summed E-state index contributed by atoms with van der Waals surface area (Å²) >= 11 is 0. The predicted octanol–water partition coefficient (Wildman–Crippen LogP) is 1.65. The highest BCUT2D eigenvalue weighted by molar-refractivity contribution is 5.37. The number of benzene rings is 1. The molecule has 3 aliphatic heterocycles. The molecule has 116 valence electrons. The van der Waals surface area contributed by atoms with E-state index in [0.29, 0.717) is 12.1 Å². The molecule has 21 heavy (non-hydrogen) atoms. The summed E-state index contributed by atoms with van der Waals surface area (Å²) in [4.78, 5) is 5.27. The van der Waals surface area contributed by atoms with Crippen LogP contribution in [-0.2, 0) is 0 Å². The number of piperazine rings is 3. The first kappa shape index (κ1) is 14.8. The second-order valence-corrected chi connectivity index (χ2v) is 6.16. The average molecular weight is 289 g/mol. The van der Waals surface area contributed by atoms with Gasteiger partial charge in [0, 0.05) is 44.8 Å². The van der Waals surface area contributed by atoms with Gasteiger partial charge in [-0.1, -0.05) is 13.0 Å². The molecule has 0 spiro atoms. The minimum atomic E-state index is 0.406. The third-order valence-corrected chi connectivity index (χ3v) is 4.94. The van der Waals surface area contributed by atoms with Gasteiger partial charge >= 0.3 is 0 Å². The summed E-state index contributed by atoms with van der Waals surface area (Å²) in [6.07, 6.45) is 0. The lowest BCUT2D eigenvalue weighted by molar-refractivity contribution is -0.00352. The van der Waals surface area contributed by atoms with Crippen LogP contribution in [0.2, 0.25) is 0 Å². The van der Waals surface area contributed by atoms with Crippen molar-refractivity contribution in [3.05, 3.63) is 29.3 Å². The van der Waals surface area contributed by atoms with Crippen molar-refractivity contribution in [1.29, 1.82) is 0 Å². The summed E-state index contributed by atoms with van der Waals surface area (Å²) in [6.45, 7) is 11.5. The molecule has 1 aromatic carbocycles. The summed E-state index contributed by atoms with van der Waals surface area (Å²) < 4.78 is 5.35. The zero-order valence-electron chi connectivity index (χ0n) is 13.4. The van der Waals surface area contributed by atoms with Crippen molar-refractivity contribution in [1.82, 2.24) is 15.1 Å². The highest BCUT2D eigenvalue weighted by Crippen LogP contribution is 2.30. The number of nitrogens with zero attached hydrogens (tertiary/aromatic N) is 2. The first-order chi connectivity index (χ1) is 10.2. The van der Waals surface area contributed by atoms with Crippen molar-refractivity contribution < 1.29 is 4.74 Å². The summed E-state index contributed by atoms with van der Waals surface area (Å²) in [7, 11) is 1.73. The fraction of sp³-hybridized carbons (Fsp3) is 0.647. The van der Waals surface area contributed by atoms with Crippen LogP contribution in [0.4, 0.5) is 0 Å². The molecule has 0 saturated carbocycles. The van der Waals surface area contributed by atoms with Crippen molar-refractivity contribution in [2.75, 3.05) is 46.4 Å². The predicted molar refractivity (Wildman–Crippen MR) is 85.9 cm³/mol. The number of fused-ring (bicyclic) bond motifs is 3. The smallest absolute Gasteiger partial charge is 0.119 e. The number of nitrogens with one attached hydrogen (secondary N) is 1. The van der Waals surface area contributed by atoms with Gasteiger partial charge in [-0.25, -0.2) is 0 Å². The highest BCUT2D eigenvalue weighted by atomic mass is 16.5. The van der Waals surface area contributed by atoms with Crippen LogP contribution in [-0.4, -0.2) is 62.2 Å². The summed E-state index contributed by atoms with van der Waals surface area (Å²) in [5.41, 5.74) is 2.73. The van der Waals surface area contributed by atoms with Gasteiger partial charge in [0.1, 0.15) is 5.75 Å². The van der Waals surface area contributed by atoms with Gasteiger partial charge in [0.05, 0.1) is 7.11 Å². The normalized spacial score (nSPS) is 29.4. The SMILES string of the molecule is CCNC(c1ccc(OC)cc1C)C1CN2CCN1CC2. The molecule has 0 aromatic heterocycles. The van der Waals surface area contributed by atoms with E-state index in [1.54, 1.807) is 7.11 Å². The molecule has 4 heteroatoms. The molecule has 4 nitrogen and oxygen atoms in total. The van der Waals surface area contributed by atoms with Gasteiger partial charge in [0.2, 0.25) is 0 Å². The monoisotopic (exact) mass is 289 g/mol. The first-order valence-corrected chi connectivity index (χ1v) is 8.07. The second kappa shape index (κ2) is 6.34. The quantitative estimate of drug-likeness (QED) is 0.892. The standard InChI is InChI=1S/C17H27N3O/c1-4-18-17(15-6-5-14(21-3)11-13(15)2)16-12-19-7-9-20(16)10-8-19/h5-6,11,16-18H,4,7-10,12H2,1-3H3. The lowest BCUT2D eigenvalue weighted by Crippen LogP contribution is -2.64. The molecule has 3 heterocycles. The second-order valence-electron chi connectivity index (χ2n) is 6.16. The van der Waals surface area contributed by atoms with Gasteiger partial charge in [-0.3, -0.25) is 9.80 Å². The number of hydrogen-bond donors (Lipinski definition) is 1. The minimum Gasteiger partial charge on any atom is -0.497 e. The van der Waals surface area contributed by atoms with Crippen molar-refractivity contribution in [3.63, 3.8) is 0 Å². The Morgan fingerprint density at radius 2 is 2.05 bits per heavy atom. The highest BCUT2D eigenvalue weighted by Gasteiger charge is 2.37. The molecule has 2 atom stereocenters. The topological polar surface area (TPSA) is 27.7 Å². The Bertz CT molecular complexity index is 483. The molecular weight excluding hydrogens is 262 g/mol. The number of hydrogen-bond acceptors (Lipinski definition) is 4. The molecule has 0 amide bonds. The number of methoxy groups -OCH3 is 1. The van der Waals surface area contributed by atoms with Crippen LogP contribution < -0.4 is 10.1 Å². The molecule has 0 aliphatic carbocycles. The van der Waals surface area contributed by atoms with Crippen molar-refractivity contribution in [2.45, 2.75) is 25.9 Å². The van der Waals surface area contributed by atoms with Crippen LogP contribution in [0.3, 0.4) is 0 Å². The van der Waals surface area contributed by atoms with Gasteiger partial charge in [0.25, 0.3) is 0 Å². The first-order valence-electron chi connectivity index (χ1n) is 8.07. The molecule has 2 unspecified atom stereocenters. The van der Waals surface area contributed by atoms with Crippen LogP contribution in [0.1, 0.15) is 24.1 Å². The van der Waals surface area contributed by atoms with E-state index < -0.39 is 0 Å². The third-order valence-electron chi connectivity index (χ3n) is 4.94. The van der Waals surface area contributed by atoms with Gasteiger partial charge in [-0.2, -0.15) is 0 Å². The van der Waals surface area contributed by atoms with Crippen molar-refractivity contribution >= 4 is 0 Å². The van der Waals surface area contributed by atoms with E-state index >= 15 is 0 Å². The number of ether oxygens (including phenoxy) is 1. The van der Waals surface area contributed by atoms with Crippen LogP contribution in [0.25, 0.3) is 0 Å². The van der Waals surface area contributed by atoms with Gasteiger partial charge in [0.15, 0.2) is 0 Å². The Hall–Kier alpha value is -1.10. The molecule has 0 radical (unpaired) electrons. The molecule has 3 aliphatic rings. The van der Waals surface area contributed by atoms with Gasteiger partial charge < -0.3 is 10.1 Å². The summed E-state index contributed by atoms with van der Waals surface area (Å²) in [6, 6.07) is 7.46. The lowest BCUT2D eigenvalue weighted by Gasteiger charge is -2.50. The molecule has 1 N–H and O–H groups in total. The van der Waals surface area contributed by atoms with Crippen LogP contribution in [0.15, 0.2) is 18.2 Å². The van der Waals surface area contributed by atoms with Crippen LogP contribution >= 0.6 is 0 Å². The largest absolute Gasteiger partial charge is 0.497 e. The molecular formula is C17H27N3O. The van der Waals surface area contributed by atoms with E-state index in [4.69, 9.17) is 4.74 Å². The third kappa shape index (κ3) is 2.93. The van der Waals surface area contributed by atoms with Gasteiger partial charge in [-0.15, -0.1) is 0 Å². The minimum absolute atomic E-state index is 0.406. The number of likely N-dealkylation sites (N-methyl/N-ethyl adjacent to an activating group) is 1. The molecule has 3 fully saturated rings. The molecule has 4 rings (SSSR count). The summed E-state index contributed by atoms with van der Waals surface area (Å²) in [5.74, 6) is 0.945. The van der Waals surface area contributed by atoms with E-state index in [0.717, 1.165) is 12.3 Å². The fourth-order valence-electron chi connectivity index (χ4n) is 3.77. The molecule has 3 saturated heterocycles. The zero-order valence-corrected chi connectivity index (χ0v) is 13.4. The van der Waals surface area contributed by atoms with Crippen molar-refractivity contribution in [2.24, 2.45) is 0 Å². The Kier molecular flexibility index (Phi) is 4.48. The van der Waals surface area contributed by atoms with Crippen molar-refractivity contribution in [3.8, 4) is 5.75 Å². The maximum atomic E-state index is 5.35. The Morgan fingerprint density at radius 3 is 2.57 bits per heavy atom. The maximum Gasteiger partial charge on any atom is 0.119 e. The lowest BCUT2D eigenvalue weighted by atomic mass is 9.91. The van der Waals surface area contributed by atoms with E-state index in [2.05, 4.69) is 47.2 Å². The Balaban J connectivity index is 1.87. The Morgan fingerprint density at radius 1 is 1.29 bits per heavy atom. The van der Waals surface area contributed by atoms with E-state index in [1.807, 2.05) is 0 Å². The Labute approximate surface area is 128 Å². The van der Waals surface area contributed by atoms with Crippen LogP contribution in [0.5, 0.6) is 5.75 Å². The average Bonchev–Trinajstić information content (AvgIpc) is 2.54. The summed E-state index contributed by atoms with van der Waals surface area (Å²) in [5, 5.41) is 3.72. The van der Waals surface area contributed by atoms with Gasteiger partial charge in [-0.05, 0) is 36.7 Å². The van der Waals surface area contributed by atoms with E-state index in [-0.39, 0.29) is 0 Å². The number of rotatable bonds is 5. The van der Waals surface area contributed by atoms with E-state index in [1.165, 1.54) is 43.9 Å². The molecule has 1 aromatic rings. The fourth-order valence-corrected chi connectivity index (χ4v) is 3.77. The van der Waals surface area contributed by atoms with Crippen LogP contribution in [0, 0.1) is 6.92 Å².